The highest BCUT2D eigenvalue weighted by Crippen LogP contribution is 2.09. The van der Waals surface area contributed by atoms with E-state index in [4.69, 9.17) is 19.7 Å². The van der Waals surface area contributed by atoms with Gasteiger partial charge >= 0.3 is 11.9 Å². The minimum atomic E-state index is -0.863. The van der Waals surface area contributed by atoms with E-state index in [0.717, 1.165) is 19.3 Å². The zero-order chi connectivity index (χ0) is 17.5. The maximum Gasteiger partial charge on any atom is 0.336 e. The first-order valence-corrected chi connectivity index (χ1v) is 7.24. The van der Waals surface area contributed by atoms with Crippen LogP contribution in [-0.2, 0) is 19.1 Å². The van der Waals surface area contributed by atoms with Crippen molar-refractivity contribution in [1.29, 1.82) is 0 Å². The lowest BCUT2D eigenvalue weighted by Gasteiger charge is -2.17. The third-order valence-electron chi connectivity index (χ3n) is 2.26. The molecule has 0 spiro atoms. The second kappa shape index (κ2) is 14.3. The number of ether oxygens (including phenoxy) is 2. The Bertz CT molecular complexity index is 330. The van der Waals surface area contributed by atoms with E-state index in [2.05, 4.69) is 13.2 Å². The number of aliphatic hydroxyl groups excluding tert-OH is 2. The number of hydrogen-bond donors (Lipinski definition) is 2. The average molecular weight is 316 g/mol. The van der Waals surface area contributed by atoms with Crippen molar-refractivity contribution >= 4 is 11.9 Å². The topological polar surface area (TPSA) is 93.1 Å². The predicted molar refractivity (Wildman–Crippen MR) is 83.9 cm³/mol. The van der Waals surface area contributed by atoms with Gasteiger partial charge in [-0.15, -0.1) is 0 Å². The lowest BCUT2D eigenvalue weighted by atomic mass is 10.3. The Balaban J connectivity index is 0. The van der Waals surface area contributed by atoms with E-state index in [1.807, 2.05) is 6.92 Å². The van der Waals surface area contributed by atoms with Crippen LogP contribution >= 0.6 is 0 Å². The lowest BCUT2D eigenvalue weighted by Crippen LogP contribution is -2.25. The van der Waals surface area contributed by atoms with Crippen LogP contribution < -0.4 is 0 Å². The van der Waals surface area contributed by atoms with Crippen LogP contribution in [0, 0.1) is 0 Å². The highest BCUT2D eigenvalue weighted by Gasteiger charge is 2.18. The molecule has 0 heterocycles. The first-order valence-electron chi connectivity index (χ1n) is 7.24. The van der Waals surface area contributed by atoms with Crippen molar-refractivity contribution < 1.29 is 29.3 Å². The zero-order valence-electron chi connectivity index (χ0n) is 13.8. The third kappa shape index (κ3) is 13.3. The van der Waals surface area contributed by atoms with Crippen molar-refractivity contribution in [3.63, 3.8) is 0 Å². The lowest BCUT2D eigenvalue weighted by molar-refractivity contribution is -0.183. The molecule has 0 aliphatic heterocycles. The molecule has 2 N–H and O–H groups in total. The summed E-state index contributed by atoms with van der Waals surface area (Å²) in [5, 5.41) is 16.2. The van der Waals surface area contributed by atoms with E-state index in [9.17, 15) is 9.59 Å². The number of carbonyl (C=O) groups excluding carboxylic acids is 2. The molecule has 0 amide bonds. The van der Waals surface area contributed by atoms with Gasteiger partial charge in [0.25, 0.3) is 0 Å². The van der Waals surface area contributed by atoms with Crippen molar-refractivity contribution in [2.24, 2.45) is 0 Å². The van der Waals surface area contributed by atoms with E-state index in [0.29, 0.717) is 6.42 Å². The Morgan fingerprint density at radius 2 is 1.32 bits per heavy atom. The fourth-order valence-corrected chi connectivity index (χ4v) is 1.04. The summed E-state index contributed by atoms with van der Waals surface area (Å²) in [6.45, 7) is 12.3. The Hall–Kier alpha value is -1.66. The molecule has 0 aromatic rings. The van der Waals surface area contributed by atoms with E-state index in [1.54, 1.807) is 0 Å². The van der Waals surface area contributed by atoms with Crippen molar-refractivity contribution in [3.8, 4) is 0 Å². The number of esters is 2. The Kier molecular flexibility index (Phi) is 14.7. The molecule has 0 atom stereocenters. The standard InChI is InChI=1S/C12H18O4.C4H10O2/c1-6-7-10(15-11(13)8(2)3)16-12(14)9(4)5;5-3-1-2-4-6/h10H,2,4,6-7H2,1,3,5H3;5-6H,1-4H2. The summed E-state index contributed by atoms with van der Waals surface area (Å²) in [5.41, 5.74) is 0.542. The molecule has 0 saturated heterocycles. The minimum absolute atomic E-state index is 0.195. The molecule has 22 heavy (non-hydrogen) atoms. The Morgan fingerprint density at radius 1 is 0.955 bits per heavy atom. The number of unbranched alkanes of at least 4 members (excludes halogenated alkanes) is 1. The summed E-state index contributed by atoms with van der Waals surface area (Å²) in [5.74, 6) is -1.12. The fourth-order valence-electron chi connectivity index (χ4n) is 1.04. The number of aliphatic hydroxyl groups is 2. The molecule has 6 nitrogen and oxygen atoms in total. The van der Waals surface area contributed by atoms with Crippen LogP contribution in [-0.4, -0.2) is 41.7 Å². The van der Waals surface area contributed by atoms with E-state index in [1.165, 1.54) is 13.8 Å². The Labute approximate surface area is 132 Å². The van der Waals surface area contributed by atoms with Gasteiger partial charge in [0, 0.05) is 30.8 Å². The van der Waals surface area contributed by atoms with Crippen molar-refractivity contribution in [2.75, 3.05) is 13.2 Å². The third-order valence-corrected chi connectivity index (χ3v) is 2.26. The smallest absolute Gasteiger partial charge is 0.336 e. The Morgan fingerprint density at radius 3 is 1.55 bits per heavy atom. The first kappa shape index (κ1) is 22.6. The van der Waals surface area contributed by atoms with Crippen LogP contribution in [0.3, 0.4) is 0 Å². The van der Waals surface area contributed by atoms with Gasteiger partial charge in [0.15, 0.2) is 0 Å². The van der Waals surface area contributed by atoms with Gasteiger partial charge in [-0.05, 0) is 33.1 Å². The molecule has 0 aliphatic rings. The largest absolute Gasteiger partial charge is 0.422 e. The maximum atomic E-state index is 11.2. The molecule has 0 bridgehead atoms. The second-order valence-electron chi connectivity index (χ2n) is 4.74. The molecule has 0 fully saturated rings. The van der Waals surface area contributed by atoms with E-state index < -0.39 is 18.2 Å². The van der Waals surface area contributed by atoms with Crippen molar-refractivity contribution in [3.05, 3.63) is 24.3 Å². The van der Waals surface area contributed by atoms with Gasteiger partial charge in [0.1, 0.15) is 0 Å². The summed E-state index contributed by atoms with van der Waals surface area (Å²) < 4.78 is 9.90. The molecular weight excluding hydrogens is 288 g/mol. The normalized spacial score (nSPS) is 9.55. The highest BCUT2D eigenvalue weighted by molar-refractivity contribution is 5.88. The fraction of sp³-hybridized carbons (Fsp3) is 0.625. The van der Waals surface area contributed by atoms with E-state index in [-0.39, 0.29) is 24.4 Å². The van der Waals surface area contributed by atoms with E-state index >= 15 is 0 Å². The van der Waals surface area contributed by atoms with Crippen LogP contribution in [0.4, 0.5) is 0 Å². The highest BCUT2D eigenvalue weighted by atomic mass is 16.7. The van der Waals surface area contributed by atoms with Gasteiger partial charge in [-0.2, -0.15) is 0 Å². The number of rotatable bonds is 9. The zero-order valence-corrected chi connectivity index (χ0v) is 13.8. The predicted octanol–water partition coefficient (Wildman–Crippen LogP) is 2.10. The number of carbonyl (C=O) groups is 2. The van der Waals surface area contributed by atoms with Crippen LogP contribution in [0.25, 0.3) is 0 Å². The summed E-state index contributed by atoms with van der Waals surface area (Å²) in [7, 11) is 0. The quantitative estimate of drug-likeness (QED) is 0.293. The molecule has 0 radical (unpaired) electrons. The van der Waals surface area contributed by atoms with Gasteiger partial charge in [0.2, 0.25) is 6.29 Å². The first-order chi connectivity index (χ1) is 10.3. The van der Waals surface area contributed by atoms with Crippen LogP contribution in [0.1, 0.15) is 46.5 Å². The van der Waals surface area contributed by atoms with Crippen molar-refractivity contribution in [2.45, 2.75) is 52.7 Å². The second-order valence-corrected chi connectivity index (χ2v) is 4.74. The summed E-state index contributed by atoms with van der Waals surface area (Å²) in [4.78, 5) is 22.5. The molecule has 128 valence electrons. The average Bonchev–Trinajstić information content (AvgIpc) is 2.45. The van der Waals surface area contributed by atoms with Gasteiger partial charge in [-0.3, -0.25) is 0 Å². The molecule has 6 heteroatoms. The number of hydrogen-bond acceptors (Lipinski definition) is 6. The molecule has 0 unspecified atom stereocenters. The van der Waals surface area contributed by atoms with Gasteiger partial charge in [-0.1, -0.05) is 20.1 Å². The summed E-state index contributed by atoms with van der Waals surface area (Å²) in [6.07, 6.45) is 1.77. The van der Waals surface area contributed by atoms with Crippen LogP contribution in [0.15, 0.2) is 24.3 Å². The molecule has 0 rings (SSSR count). The molecule has 0 aromatic heterocycles. The van der Waals surface area contributed by atoms with Gasteiger partial charge in [-0.25, -0.2) is 9.59 Å². The van der Waals surface area contributed by atoms with Crippen LogP contribution in [0.5, 0.6) is 0 Å². The summed E-state index contributed by atoms with van der Waals surface area (Å²) in [6, 6.07) is 0. The summed E-state index contributed by atoms with van der Waals surface area (Å²) >= 11 is 0. The van der Waals surface area contributed by atoms with Crippen molar-refractivity contribution in [1.82, 2.24) is 0 Å². The van der Waals surface area contributed by atoms with Gasteiger partial charge in [0.05, 0.1) is 0 Å². The monoisotopic (exact) mass is 316 g/mol. The molecule has 0 aromatic carbocycles. The SMILES string of the molecule is C=C(C)C(=O)OC(CCC)OC(=O)C(=C)C.OCCCCO. The molecule has 0 aliphatic carbocycles. The molecule has 0 saturated carbocycles. The van der Waals surface area contributed by atoms with Crippen LogP contribution in [0.2, 0.25) is 0 Å². The minimum Gasteiger partial charge on any atom is -0.422 e. The van der Waals surface area contributed by atoms with Gasteiger partial charge < -0.3 is 19.7 Å². The maximum absolute atomic E-state index is 11.2. The molecular formula is C16H28O6.